The second kappa shape index (κ2) is 4.09. The molecule has 78 valence electrons. The molecule has 0 aliphatic carbocycles. The molecular formula is C9H10Cl2O2S. The van der Waals surface area contributed by atoms with Crippen LogP contribution in [-0.2, 0) is 4.74 Å². The van der Waals surface area contributed by atoms with Gasteiger partial charge in [0.25, 0.3) is 0 Å². The van der Waals surface area contributed by atoms with Gasteiger partial charge in [0.2, 0.25) is 0 Å². The van der Waals surface area contributed by atoms with E-state index in [9.17, 15) is 4.79 Å². The molecule has 1 rings (SSSR count). The second-order valence-corrected chi connectivity index (χ2v) is 5.80. The largest absolute Gasteiger partial charge is 0.456 e. The van der Waals surface area contributed by atoms with Crippen LogP contribution in [0.25, 0.3) is 0 Å². The smallest absolute Gasteiger partial charge is 0.348 e. The van der Waals surface area contributed by atoms with E-state index < -0.39 is 11.6 Å². The maximum atomic E-state index is 11.5. The topological polar surface area (TPSA) is 26.3 Å². The van der Waals surface area contributed by atoms with Crippen molar-refractivity contribution in [3.8, 4) is 0 Å². The van der Waals surface area contributed by atoms with Gasteiger partial charge in [-0.2, -0.15) is 0 Å². The monoisotopic (exact) mass is 252 g/mol. The molecule has 1 aromatic heterocycles. The molecule has 0 aliphatic heterocycles. The Bertz CT molecular complexity index is 333. The summed E-state index contributed by atoms with van der Waals surface area (Å²) in [6.45, 7) is 5.42. The first-order valence-electron chi connectivity index (χ1n) is 3.98. The van der Waals surface area contributed by atoms with Gasteiger partial charge in [0.05, 0.1) is 5.02 Å². The minimum atomic E-state index is -0.500. The van der Waals surface area contributed by atoms with E-state index in [1.165, 1.54) is 6.07 Å². The molecule has 0 saturated heterocycles. The van der Waals surface area contributed by atoms with E-state index >= 15 is 0 Å². The average molecular weight is 253 g/mol. The van der Waals surface area contributed by atoms with Crippen LogP contribution in [0.5, 0.6) is 0 Å². The number of carbonyl (C=O) groups excluding carboxylic acids is 1. The summed E-state index contributed by atoms with van der Waals surface area (Å²) < 4.78 is 5.56. The highest BCUT2D eigenvalue weighted by Gasteiger charge is 2.20. The summed E-state index contributed by atoms with van der Waals surface area (Å²) in [7, 11) is 0. The van der Waals surface area contributed by atoms with Crippen LogP contribution in [0.4, 0.5) is 0 Å². The predicted octanol–water partition coefficient (Wildman–Crippen LogP) is 4.01. The molecule has 5 heteroatoms. The number of carbonyl (C=O) groups is 1. The zero-order chi connectivity index (χ0) is 10.9. The zero-order valence-corrected chi connectivity index (χ0v) is 10.4. The lowest BCUT2D eigenvalue weighted by Crippen LogP contribution is -2.23. The molecule has 0 saturated carbocycles. The number of halogens is 2. The van der Waals surface area contributed by atoms with Crippen molar-refractivity contribution in [1.29, 1.82) is 0 Å². The molecular weight excluding hydrogens is 243 g/mol. The normalized spacial score (nSPS) is 11.5. The highest BCUT2D eigenvalue weighted by molar-refractivity contribution is 7.18. The fourth-order valence-electron chi connectivity index (χ4n) is 0.776. The van der Waals surface area contributed by atoms with Crippen molar-refractivity contribution in [3.63, 3.8) is 0 Å². The van der Waals surface area contributed by atoms with E-state index in [2.05, 4.69) is 0 Å². The molecule has 0 spiro atoms. The van der Waals surface area contributed by atoms with Crippen LogP contribution in [0.1, 0.15) is 30.4 Å². The molecule has 0 bridgehead atoms. The molecule has 0 aromatic carbocycles. The van der Waals surface area contributed by atoms with Gasteiger partial charge < -0.3 is 4.74 Å². The Labute approximate surface area is 96.8 Å². The second-order valence-electron chi connectivity index (χ2n) is 3.73. The van der Waals surface area contributed by atoms with Crippen LogP contribution < -0.4 is 0 Å². The van der Waals surface area contributed by atoms with Gasteiger partial charge in [0, 0.05) is 0 Å². The van der Waals surface area contributed by atoms with Gasteiger partial charge in [-0.1, -0.05) is 23.2 Å². The number of hydrogen-bond donors (Lipinski definition) is 0. The van der Waals surface area contributed by atoms with Gasteiger partial charge in [-0.25, -0.2) is 4.79 Å². The fourth-order valence-corrected chi connectivity index (χ4v) is 2.02. The maximum absolute atomic E-state index is 11.5. The summed E-state index contributed by atoms with van der Waals surface area (Å²) in [5.74, 6) is -0.392. The summed E-state index contributed by atoms with van der Waals surface area (Å²) in [6.07, 6.45) is 0. The summed E-state index contributed by atoms with van der Waals surface area (Å²) in [5.41, 5.74) is -0.500. The minimum absolute atomic E-state index is 0.387. The van der Waals surface area contributed by atoms with E-state index in [0.29, 0.717) is 14.2 Å². The molecule has 14 heavy (non-hydrogen) atoms. The molecule has 0 radical (unpaired) electrons. The predicted molar refractivity (Wildman–Crippen MR) is 59.5 cm³/mol. The highest BCUT2D eigenvalue weighted by Crippen LogP contribution is 2.32. The standard InChI is InChI=1S/C9H10Cl2O2S/c1-9(2,3)13-8(12)6-4-5(10)7(11)14-6/h4H,1-3H3. The lowest BCUT2D eigenvalue weighted by Gasteiger charge is -2.18. The summed E-state index contributed by atoms with van der Waals surface area (Å²) in [5, 5.41) is 0.387. The molecule has 2 nitrogen and oxygen atoms in total. The zero-order valence-electron chi connectivity index (χ0n) is 8.06. The SMILES string of the molecule is CC(C)(C)OC(=O)c1cc(Cl)c(Cl)s1. The van der Waals surface area contributed by atoms with Crippen molar-refractivity contribution in [3.05, 3.63) is 20.3 Å². The van der Waals surface area contributed by atoms with Gasteiger partial charge in [-0.15, -0.1) is 11.3 Å². The van der Waals surface area contributed by atoms with Crippen molar-refractivity contribution in [2.75, 3.05) is 0 Å². The minimum Gasteiger partial charge on any atom is -0.456 e. The fraction of sp³-hybridized carbons (Fsp3) is 0.444. The molecule has 0 fully saturated rings. The van der Waals surface area contributed by atoms with Gasteiger partial charge in [0.15, 0.2) is 0 Å². The van der Waals surface area contributed by atoms with Crippen LogP contribution in [0, 0.1) is 0 Å². The molecule has 0 aliphatic rings. The van der Waals surface area contributed by atoms with Crippen LogP contribution in [0.3, 0.4) is 0 Å². The van der Waals surface area contributed by atoms with Gasteiger partial charge in [-0.05, 0) is 26.8 Å². The molecule has 0 atom stereocenters. The van der Waals surface area contributed by atoms with Gasteiger partial charge in [-0.3, -0.25) is 0 Å². The Hall–Kier alpha value is -0.250. The third-order valence-corrected chi connectivity index (χ3v) is 3.09. The summed E-state index contributed by atoms with van der Waals surface area (Å²) in [6, 6.07) is 1.52. The number of hydrogen-bond acceptors (Lipinski definition) is 3. The van der Waals surface area contributed by atoms with Crippen molar-refractivity contribution in [1.82, 2.24) is 0 Å². The van der Waals surface area contributed by atoms with Crippen molar-refractivity contribution in [2.45, 2.75) is 26.4 Å². The van der Waals surface area contributed by atoms with Gasteiger partial charge >= 0.3 is 5.97 Å². The molecule has 1 heterocycles. The molecule has 0 amide bonds. The first kappa shape index (κ1) is 11.8. The van der Waals surface area contributed by atoms with E-state index in [-0.39, 0.29) is 0 Å². The Morgan fingerprint density at radius 1 is 1.43 bits per heavy atom. The molecule has 1 aromatic rings. The Morgan fingerprint density at radius 2 is 2.00 bits per heavy atom. The third kappa shape index (κ3) is 3.15. The van der Waals surface area contributed by atoms with Crippen molar-refractivity contribution < 1.29 is 9.53 Å². The van der Waals surface area contributed by atoms with Crippen molar-refractivity contribution >= 4 is 40.5 Å². The quantitative estimate of drug-likeness (QED) is 0.707. The average Bonchev–Trinajstić information content (AvgIpc) is 2.28. The maximum Gasteiger partial charge on any atom is 0.348 e. The van der Waals surface area contributed by atoms with E-state index in [4.69, 9.17) is 27.9 Å². The van der Waals surface area contributed by atoms with Crippen LogP contribution in [-0.4, -0.2) is 11.6 Å². The van der Waals surface area contributed by atoms with E-state index in [1.54, 1.807) is 0 Å². The van der Waals surface area contributed by atoms with Crippen LogP contribution in [0.2, 0.25) is 9.36 Å². The summed E-state index contributed by atoms with van der Waals surface area (Å²) >= 11 is 12.6. The van der Waals surface area contributed by atoms with Crippen LogP contribution in [0.15, 0.2) is 6.07 Å². The number of rotatable bonds is 1. The Balaban J connectivity index is 2.80. The first-order chi connectivity index (χ1) is 6.29. The number of ether oxygens (including phenoxy) is 1. The molecule has 0 unspecified atom stereocenters. The Morgan fingerprint density at radius 3 is 2.36 bits per heavy atom. The Kier molecular flexibility index (Phi) is 3.45. The van der Waals surface area contributed by atoms with Gasteiger partial charge in [0.1, 0.15) is 14.8 Å². The number of thiophene rings is 1. The van der Waals surface area contributed by atoms with Crippen molar-refractivity contribution in [2.24, 2.45) is 0 Å². The number of esters is 1. The third-order valence-electron chi connectivity index (χ3n) is 1.25. The lowest BCUT2D eigenvalue weighted by molar-refractivity contribution is 0.00752. The lowest BCUT2D eigenvalue weighted by atomic mass is 10.2. The molecule has 0 N–H and O–H groups in total. The van der Waals surface area contributed by atoms with E-state index in [1.807, 2.05) is 20.8 Å². The van der Waals surface area contributed by atoms with E-state index in [0.717, 1.165) is 11.3 Å². The summed E-state index contributed by atoms with van der Waals surface area (Å²) in [4.78, 5) is 11.9. The first-order valence-corrected chi connectivity index (χ1v) is 5.55. The van der Waals surface area contributed by atoms with Crippen LogP contribution >= 0.6 is 34.5 Å². The highest BCUT2D eigenvalue weighted by atomic mass is 35.5.